The van der Waals surface area contributed by atoms with Gasteiger partial charge in [0.25, 0.3) is 0 Å². The number of ether oxygens (including phenoxy) is 5. The van der Waals surface area contributed by atoms with E-state index >= 15 is 0 Å². The van der Waals surface area contributed by atoms with Crippen LogP contribution in [-0.4, -0.2) is 48.5 Å². The Hall–Kier alpha value is -2.58. The Labute approximate surface area is 225 Å². The van der Waals surface area contributed by atoms with Gasteiger partial charge in [-0.3, -0.25) is 0 Å². The van der Waals surface area contributed by atoms with Gasteiger partial charge in [0.05, 0.1) is 45.2 Å². The lowest BCUT2D eigenvalue weighted by Crippen LogP contribution is -2.60. The lowest BCUT2D eigenvalue weighted by Gasteiger charge is -2.50. The molecule has 1 N–H and O–H groups in total. The smallest absolute Gasteiger partial charge is 0.171 e. The van der Waals surface area contributed by atoms with E-state index in [-0.39, 0.29) is 24.9 Å². The van der Waals surface area contributed by atoms with Crippen molar-refractivity contribution in [1.82, 2.24) is 0 Å². The molecule has 2 aliphatic heterocycles. The third-order valence-corrected chi connectivity index (χ3v) is 7.27. The highest BCUT2D eigenvalue weighted by atomic mass is 16.7. The molecule has 0 saturated carbocycles. The normalized spacial score (nSPS) is 27.4. The lowest BCUT2D eigenvalue weighted by atomic mass is 9.89. The number of hydrogen-bond donors (Lipinski definition) is 1. The van der Waals surface area contributed by atoms with Gasteiger partial charge in [-0.2, -0.15) is 0 Å². The highest BCUT2D eigenvalue weighted by Crippen LogP contribution is 2.41. The van der Waals surface area contributed by atoms with E-state index in [2.05, 4.69) is 36.4 Å². The van der Waals surface area contributed by atoms with E-state index in [1.165, 1.54) is 0 Å². The maximum Gasteiger partial charge on any atom is 0.171 e. The molecule has 2 heterocycles. The van der Waals surface area contributed by atoms with Crippen molar-refractivity contribution < 1.29 is 28.8 Å². The second-order valence-electron chi connectivity index (χ2n) is 10.2. The maximum absolute atomic E-state index is 9.86. The Morgan fingerprint density at radius 1 is 0.737 bits per heavy atom. The van der Waals surface area contributed by atoms with Crippen molar-refractivity contribution in [2.24, 2.45) is 0 Å². The zero-order chi connectivity index (χ0) is 26.0. The third-order valence-electron chi connectivity index (χ3n) is 7.27. The minimum Gasteiger partial charge on any atom is -0.394 e. The number of aliphatic hydroxyl groups excluding tert-OH is 1. The van der Waals surface area contributed by atoms with Gasteiger partial charge in [-0.25, -0.2) is 0 Å². The second-order valence-corrected chi connectivity index (χ2v) is 10.2. The van der Waals surface area contributed by atoms with E-state index in [0.29, 0.717) is 32.8 Å². The van der Waals surface area contributed by atoms with Gasteiger partial charge < -0.3 is 28.8 Å². The van der Waals surface area contributed by atoms with Gasteiger partial charge in [-0.15, -0.1) is 0 Å². The molecule has 5 rings (SSSR count). The van der Waals surface area contributed by atoms with Crippen LogP contribution in [0, 0.1) is 0 Å². The number of aliphatic hydroxyl groups is 1. The van der Waals surface area contributed by atoms with Crippen LogP contribution < -0.4 is 0 Å². The van der Waals surface area contributed by atoms with Gasteiger partial charge in [0.1, 0.15) is 12.2 Å². The molecule has 2 aliphatic rings. The fourth-order valence-electron chi connectivity index (χ4n) is 5.35. The Balaban J connectivity index is 1.36. The summed E-state index contributed by atoms with van der Waals surface area (Å²) in [6, 6.07) is 30.4. The van der Waals surface area contributed by atoms with Gasteiger partial charge >= 0.3 is 0 Å². The lowest BCUT2D eigenvalue weighted by molar-refractivity contribution is -0.360. The molecule has 6 heteroatoms. The Bertz CT molecular complexity index is 1080. The minimum absolute atomic E-state index is 0.0240. The van der Waals surface area contributed by atoms with E-state index in [0.717, 1.165) is 36.0 Å². The summed E-state index contributed by atoms with van der Waals surface area (Å²) >= 11 is 0. The number of rotatable bonds is 11. The molecule has 0 aromatic heterocycles. The highest BCUT2D eigenvalue weighted by molar-refractivity contribution is 5.15. The minimum atomic E-state index is -0.833. The standard InChI is InChI=1S/C32H38O6/c33-20-28-17-10-18-32(37-28)19-29(35-22-26-13-6-2-7-14-26)31(36-23-27-15-8-3-9-16-27)30(38-32)24-34-21-25-11-4-1-5-12-25/h1-9,11-16,28-31,33H,10,17-24H2/t28-,29+,30+,31-,32+/m0/s1. The SMILES string of the molecule is OC[C@@H]1CCC[C@@]2(C[C@@H](OCc3ccccc3)[C@H](OCc3ccccc3)[C@@H](COCc3ccccc3)O2)O1. The zero-order valence-corrected chi connectivity index (χ0v) is 21.8. The Kier molecular flexibility index (Phi) is 9.57. The predicted molar refractivity (Wildman–Crippen MR) is 144 cm³/mol. The van der Waals surface area contributed by atoms with Gasteiger partial charge in [-0.1, -0.05) is 91.0 Å². The zero-order valence-electron chi connectivity index (χ0n) is 21.8. The predicted octanol–water partition coefficient (Wildman–Crippen LogP) is 5.42. The molecule has 2 saturated heterocycles. The summed E-state index contributed by atoms with van der Waals surface area (Å²) in [5, 5.41) is 9.86. The molecule has 0 unspecified atom stereocenters. The van der Waals surface area contributed by atoms with Crippen LogP contribution in [0.1, 0.15) is 42.4 Å². The van der Waals surface area contributed by atoms with Crippen LogP contribution in [0.15, 0.2) is 91.0 Å². The summed E-state index contributed by atoms with van der Waals surface area (Å²) in [7, 11) is 0. The van der Waals surface area contributed by atoms with E-state index in [1.807, 2.05) is 54.6 Å². The molecule has 6 nitrogen and oxygen atoms in total. The van der Waals surface area contributed by atoms with Crippen molar-refractivity contribution in [1.29, 1.82) is 0 Å². The average molecular weight is 519 g/mol. The Morgan fingerprint density at radius 2 is 1.32 bits per heavy atom. The fraction of sp³-hybridized carbons (Fsp3) is 0.438. The van der Waals surface area contributed by atoms with Crippen molar-refractivity contribution in [3.05, 3.63) is 108 Å². The summed E-state index contributed by atoms with van der Waals surface area (Å²) in [4.78, 5) is 0. The van der Waals surface area contributed by atoms with Crippen LogP contribution in [0.3, 0.4) is 0 Å². The van der Waals surface area contributed by atoms with Crippen LogP contribution in [0.5, 0.6) is 0 Å². The van der Waals surface area contributed by atoms with Crippen LogP contribution >= 0.6 is 0 Å². The Morgan fingerprint density at radius 3 is 1.92 bits per heavy atom. The number of benzene rings is 3. The first-order valence-corrected chi connectivity index (χ1v) is 13.6. The first-order valence-electron chi connectivity index (χ1n) is 13.6. The highest BCUT2D eigenvalue weighted by Gasteiger charge is 2.51. The topological polar surface area (TPSA) is 66.4 Å². The summed E-state index contributed by atoms with van der Waals surface area (Å²) in [5.41, 5.74) is 3.29. The van der Waals surface area contributed by atoms with Crippen molar-refractivity contribution >= 4 is 0 Å². The average Bonchev–Trinajstić information content (AvgIpc) is 2.97. The molecule has 38 heavy (non-hydrogen) atoms. The first kappa shape index (κ1) is 27.0. The molecule has 0 radical (unpaired) electrons. The molecule has 0 amide bonds. The summed E-state index contributed by atoms with van der Waals surface area (Å²) in [5.74, 6) is -0.833. The van der Waals surface area contributed by atoms with Gasteiger partial charge in [0.2, 0.25) is 0 Å². The van der Waals surface area contributed by atoms with E-state index in [4.69, 9.17) is 23.7 Å². The van der Waals surface area contributed by atoms with E-state index in [9.17, 15) is 5.11 Å². The van der Waals surface area contributed by atoms with E-state index < -0.39 is 11.9 Å². The van der Waals surface area contributed by atoms with Crippen LogP contribution in [0.2, 0.25) is 0 Å². The molecule has 3 aromatic carbocycles. The van der Waals surface area contributed by atoms with Gasteiger partial charge in [0, 0.05) is 12.8 Å². The summed E-state index contributed by atoms with van der Waals surface area (Å²) in [6.07, 6.45) is 1.76. The van der Waals surface area contributed by atoms with E-state index in [1.54, 1.807) is 0 Å². The monoisotopic (exact) mass is 518 g/mol. The largest absolute Gasteiger partial charge is 0.394 e. The fourth-order valence-corrected chi connectivity index (χ4v) is 5.35. The van der Waals surface area contributed by atoms with Gasteiger partial charge in [-0.05, 0) is 29.5 Å². The molecule has 202 valence electrons. The van der Waals surface area contributed by atoms with Crippen molar-refractivity contribution in [2.45, 2.75) is 75.7 Å². The molecule has 3 aromatic rings. The number of hydrogen-bond acceptors (Lipinski definition) is 6. The van der Waals surface area contributed by atoms with Crippen molar-refractivity contribution in [3.8, 4) is 0 Å². The van der Waals surface area contributed by atoms with Gasteiger partial charge in [0.15, 0.2) is 5.79 Å². The van der Waals surface area contributed by atoms with Crippen molar-refractivity contribution in [2.75, 3.05) is 13.2 Å². The summed E-state index contributed by atoms with van der Waals surface area (Å²) < 4.78 is 32.4. The van der Waals surface area contributed by atoms with Crippen LogP contribution in [0.4, 0.5) is 0 Å². The maximum atomic E-state index is 9.86. The molecule has 2 fully saturated rings. The molecular weight excluding hydrogens is 480 g/mol. The molecule has 1 spiro atoms. The molecule has 0 bridgehead atoms. The molecule has 5 atom stereocenters. The van der Waals surface area contributed by atoms with Crippen LogP contribution in [-0.2, 0) is 43.5 Å². The third kappa shape index (κ3) is 7.29. The van der Waals surface area contributed by atoms with Crippen LogP contribution in [0.25, 0.3) is 0 Å². The second kappa shape index (κ2) is 13.5. The summed E-state index contributed by atoms with van der Waals surface area (Å²) in [6.45, 7) is 1.71. The molecular formula is C32H38O6. The van der Waals surface area contributed by atoms with Crippen molar-refractivity contribution in [3.63, 3.8) is 0 Å². The first-order chi connectivity index (χ1) is 18.7. The molecule has 0 aliphatic carbocycles. The quantitative estimate of drug-likeness (QED) is 0.366.